The zero-order valence-corrected chi connectivity index (χ0v) is 13.0. The van der Waals surface area contributed by atoms with Gasteiger partial charge in [-0.15, -0.1) is 0 Å². The minimum Gasteiger partial charge on any atom is -0.365 e. The lowest BCUT2D eigenvalue weighted by Crippen LogP contribution is -2.49. The molecule has 0 aliphatic heterocycles. The highest BCUT2D eigenvalue weighted by molar-refractivity contribution is 5.84. The summed E-state index contributed by atoms with van der Waals surface area (Å²) < 4.78 is 5.83. The van der Waals surface area contributed by atoms with E-state index in [1.807, 2.05) is 13.8 Å². The van der Waals surface area contributed by atoms with Gasteiger partial charge in [0.2, 0.25) is 0 Å². The first-order valence-corrected chi connectivity index (χ1v) is 7.34. The Kier molecular flexibility index (Phi) is 8.25. The van der Waals surface area contributed by atoms with E-state index in [4.69, 9.17) is 4.74 Å². The summed E-state index contributed by atoms with van der Waals surface area (Å²) in [5.41, 5.74) is -0.683. The Hall–Kier alpha value is -0.570. The molecular weight excluding hydrogens is 226 g/mol. The van der Waals surface area contributed by atoms with Gasteiger partial charge in [-0.25, -0.2) is 0 Å². The zero-order valence-electron chi connectivity index (χ0n) is 13.0. The van der Waals surface area contributed by atoms with Crippen LogP contribution in [0.5, 0.6) is 0 Å². The van der Waals surface area contributed by atoms with Crippen molar-refractivity contribution in [2.45, 2.75) is 78.9 Å². The van der Waals surface area contributed by atoms with E-state index in [9.17, 15) is 4.79 Å². The molecule has 0 saturated heterocycles. The highest BCUT2D eigenvalue weighted by atomic mass is 16.5. The van der Waals surface area contributed by atoms with Crippen molar-refractivity contribution in [3.8, 4) is 0 Å². The molecule has 0 fully saturated rings. The van der Waals surface area contributed by atoms with E-state index in [2.05, 4.69) is 33.0 Å². The summed E-state index contributed by atoms with van der Waals surface area (Å²) in [4.78, 5) is 12.3. The van der Waals surface area contributed by atoms with Crippen LogP contribution in [-0.4, -0.2) is 24.2 Å². The van der Waals surface area contributed by atoms with Gasteiger partial charge in [-0.3, -0.25) is 4.79 Å². The number of hydrogen-bond acceptors (Lipinski definition) is 2. The fourth-order valence-electron chi connectivity index (χ4n) is 1.68. The molecule has 1 N–H and O–H groups in total. The predicted octanol–water partition coefficient (Wildman–Crippen LogP) is 3.52. The molecule has 0 aliphatic rings. The van der Waals surface area contributed by atoms with Crippen molar-refractivity contribution in [3.05, 3.63) is 0 Å². The van der Waals surface area contributed by atoms with Crippen LogP contribution in [0.15, 0.2) is 0 Å². The van der Waals surface area contributed by atoms with E-state index in [1.165, 1.54) is 0 Å². The van der Waals surface area contributed by atoms with Gasteiger partial charge in [0.15, 0.2) is 0 Å². The van der Waals surface area contributed by atoms with Crippen LogP contribution >= 0.6 is 0 Å². The second kappa shape index (κ2) is 8.52. The predicted molar refractivity (Wildman–Crippen MR) is 76.6 cm³/mol. The van der Waals surface area contributed by atoms with Crippen molar-refractivity contribution in [2.24, 2.45) is 5.92 Å². The molecule has 0 rings (SSSR count). The Morgan fingerprint density at radius 1 is 1.22 bits per heavy atom. The molecular formula is C15H31NO2. The van der Waals surface area contributed by atoms with Crippen LogP contribution in [0.25, 0.3) is 0 Å². The maximum Gasteiger partial charge on any atom is 0.252 e. The first-order valence-electron chi connectivity index (χ1n) is 7.34. The number of rotatable bonds is 9. The van der Waals surface area contributed by atoms with Crippen molar-refractivity contribution >= 4 is 5.91 Å². The van der Waals surface area contributed by atoms with Crippen LogP contribution in [0.2, 0.25) is 0 Å². The van der Waals surface area contributed by atoms with Crippen LogP contribution in [0, 0.1) is 5.92 Å². The van der Waals surface area contributed by atoms with E-state index >= 15 is 0 Å². The van der Waals surface area contributed by atoms with Crippen LogP contribution < -0.4 is 5.32 Å². The monoisotopic (exact) mass is 257 g/mol. The number of ether oxygens (including phenoxy) is 1. The smallest absolute Gasteiger partial charge is 0.252 e. The lowest BCUT2D eigenvalue weighted by atomic mass is 10.0. The summed E-state index contributed by atoms with van der Waals surface area (Å²) in [6, 6.07) is 0.261. The Labute approximate surface area is 113 Å². The molecule has 0 aromatic carbocycles. The molecule has 3 heteroatoms. The highest BCUT2D eigenvalue weighted by Crippen LogP contribution is 2.17. The van der Waals surface area contributed by atoms with E-state index in [-0.39, 0.29) is 11.9 Å². The molecule has 1 atom stereocenters. The van der Waals surface area contributed by atoms with Crippen molar-refractivity contribution in [3.63, 3.8) is 0 Å². The Morgan fingerprint density at radius 2 is 1.78 bits per heavy atom. The fraction of sp³-hybridized carbons (Fsp3) is 0.933. The lowest BCUT2D eigenvalue weighted by molar-refractivity contribution is -0.146. The molecule has 18 heavy (non-hydrogen) atoms. The first kappa shape index (κ1) is 17.4. The van der Waals surface area contributed by atoms with E-state index in [0.717, 1.165) is 19.3 Å². The number of hydrogen-bond donors (Lipinski definition) is 1. The largest absolute Gasteiger partial charge is 0.365 e. The average Bonchev–Trinajstić information content (AvgIpc) is 2.34. The van der Waals surface area contributed by atoms with E-state index in [0.29, 0.717) is 18.9 Å². The Bertz CT molecular complexity index is 237. The van der Waals surface area contributed by atoms with Crippen LogP contribution in [0.1, 0.15) is 67.2 Å². The van der Waals surface area contributed by atoms with Gasteiger partial charge >= 0.3 is 0 Å². The van der Waals surface area contributed by atoms with Gasteiger partial charge in [-0.05, 0) is 38.5 Å². The third kappa shape index (κ3) is 5.85. The summed E-state index contributed by atoms with van der Waals surface area (Å²) >= 11 is 0. The van der Waals surface area contributed by atoms with Crippen molar-refractivity contribution in [2.75, 3.05) is 6.61 Å². The molecule has 0 heterocycles. The molecule has 1 amide bonds. The SMILES string of the molecule is CCC(CC)NC(=O)C(C)(CC)OCCC(C)C. The molecule has 0 aliphatic carbocycles. The molecule has 0 aromatic rings. The molecule has 0 saturated carbocycles. The quantitative estimate of drug-likeness (QED) is 0.686. The van der Waals surface area contributed by atoms with Crippen molar-refractivity contribution in [1.82, 2.24) is 5.32 Å². The normalized spacial score (nSPS) is 14.9. The van der Waals surface area contributed by atoms with Gasteiger partial charge in [-0.2, -0.15) is 0 Å². The van der Waals surface area contributed by atoms with Crippen LogP contribution in [-0.2, 0) is 9.53 Å². The summed E-state index contributed by atoms with van der Waals surface area (Å²) in [5, 5.41) is 3.08. The highest BCUT2D eigenvalue weighted by Gasteiger charge is 2.33. The maximum absolute atomic E-state index is 12.3. The van der Waals surface area contributed by atoms with E-state index < -0.39 is 5.60 Å². The number of amides is 1. The summed E-state index contributed by atoms with van der Waals surface area (Å²) in [5.74, 6) is 0.635. The minimum absolute atomic E-state index is 0.0301. The van der Waals surface area contributed by atoms with Gasteiger partial charge in [-0.1, -0.05) is 34.6 Å². The van der Waals surface area contributed by atoms with E-state index in [1.54, 1.807) is 0 Å². The molecule has 0 radical (unpaired) electrons. The van der Waals surface area contributed by atoms with Gasteiger partial charge in [0, 0.05) is 12.6 Å². The molecule has 3 nitrogen and oxygen atoms in total. The fourth-order valence-corrected chi connectivity index (χ4v) is 1.68. The van der Waals surface area contributed by atoms with Gasteiger partial charge < -0.3 is 10.1 Å². The molecule has 1 unspecified atom stereocenters. The molecule has 0 bridgehead atoms. The molecule has 108 valence electrons. The van der Waals surface area contributed by atoms with Crippen LogP contribution in [0.3, 0.4) is 0 Å². The Morgan fingerprint density at radius 3 is 2.17 bits per heavy atom. The van der Waals surface area contributed by atoms with Gasteiger partial charge in [0.1, 0.15) is 5.60 Å². The first-order chi connectivity index (χ1) is 8.39. The number of carbonyl (C=O) groups excluding carboxylic acids is 1. The third-order valence-electron chi connectivity index (χ3n) is 3.59. The lowest BCUT2D eigenvalue weighted by Gasteiger charge is -2.30. The van der Waals surface area contributed by atoms with Crippen LogP contribution in [0.4, 0.5) is 0 Å². The topological polar surface area (TPSA) is 38.3 Å². The zero-order chi connectivity index (χ0) is 14.2. The molecule has 0 aromatic heterocycles. The third-order valence-corrected chi connectivity index (χ3v) is 3.59. The number of nitrogens with one attached hydrogen (secondary N) is 1. The number of carbonyl (C=O) groups is 1. The molecule has 0 spiro atoms. The second-order valence-corrected chi connectivity index (χ2v) is 5.60. The second-order valence-electron chi connectivity index (χ2n) is 5.60. The van der Waals surface area contributed by atoms with Crippen molar-refractivity contribution < 1.29 is 9.53 Å². The summed E-state index contributed by atoms with van der Waals surface area (Å²) in [6.07, 6.45) is 3.63. The standard InChI is InChI=1S/C15H31NO2/c1-7-13(8-2)16-14(17)15(6,9-3)18-11-10-12(4)5/h12-13H,7-11H2,1-6H3,(H,16,17). The van der Waals surface area contributed by atoms with Gasteiger partial charge in [0.25, 0.3) is 5.91 Å². The minimum atomic E-state index is -0.683. The summed E-state index contributed by atoms with van der Waals surface area (Å²) in [7, 11) is 0. The Balaban J connectivity index is 4.37. The average molecular weight is 257 g/mol. The maximum atomic E-state index is 12.3. The summed E-state index contributed by atoms with van der Waals surface area (Å²) in [6.45, 7) is 13.1. The van der Waals surface area contributed by atoms with Crippen molar-refractivity contribution in [1.29, 1.82) is 0 Å². The van der Waals surface area contributed by atoms with Gasteiger partial charge in [0.05, 0.1) is 0 Å².